The molecule has 0 aliphatic heterocycles. The second-order valence-electron chi connectivity index (χ2n) is 5.75. The van der Waals surface area contributed by atoms with Gasteiger partial charge in [-0.25, -0.2) is 4.79 Å². The van der Waals surface area contributed by atoms with Gasteiger partial charge >= 0.3 is 5.97 Å². The normalized spacial score (nSPS) is 10.8. The van der Waals surface area contributed by atoms with Gasteiger partial charge in [0.05, 0.1) is 24.1 Å². The van der Waals surface area contributed by atoms with Gasteiger partial charge in [-0.2, -0.15) is 0 Å². The molecule has 1 aromatic heterocycles. The van der Waals surface area contributed by atoms with Crippen LogP contribution in [0, 0.1) is 13.8 Å². The number of ether oxygens (including phenoxy) is 1. The van der Waals surface area contributed by atoms with Crippen molar-refractivity contribution in [2.75, 3.05) is 7.11 Å². The molecule has 0 radical (unpaired) electrons. The number of carbonyl (C=O) groups excluding carboxylic acids is 1. The fourth-order valence-corrected chi connectivity index (χ4v) is 3.34. The van der Waals surface area contributed by atoms with Gasteiger partial charge in [0.25, 0.3) is 0 Å². The molecule has 2 aromatic carbocycles. The van der Waals surface area contributed by atoms with Crippen LogP contribution >= 0.6 is 27.5 Å². The van der Waals surface area contributed by atoms with Crippen molar-refractivity contribution < 1.29 is 9.53 Å². The van der Waals surface area contributed by atoms with Crippen molar-refractivity contribution in [3.05, 3.63) is 74.8 Å². The van der Waals surface area contributed by atoms with E-state index in [1.807, 2.05) is 62.4 Å². The Hall–Kier alpha value is -2.04. The third kappa shape index (κ3) is 3.24. The standard InChI is InChI=1S/C20H17BrClNO2/c1-12-17(22)5-4-6-18(12)23-13(2)16(20(24)25-3)11-19(23)14-7-9-15(21)10-8-14/h4-11H,1-3H3. The molecule has 3 rings (SSSR count). The SMILES string of the molecule is COC(=O)c1cc(-c2ccc(Br)cc2)n(-c2cccc(Cl)c2C)c1C. The van der Waals surface area contributed by atoms with E-state index in [-0.39, 0.29) is 5.97 Å². The summed E-state index contributed by atoms with van der Waals surface area (Å²) in [6, 6.07) is 15.6. The van der Waals surface area contributed by atoms with E-state index < -0.39 is 0 Å². The maximum absolute atomic E-state index is 12.2. The Morgan fingerprint density at radius 1 is 1.12 bits per heavy atom. The highest BCUT2D eigenvalue weighted by Crippen LogP contribution is 2.33. The summed E-state index contributed by atoms with van der Waals surface area (Å²) in [5.41, 5.74) is 5.17. The lowest BCUT2D eigenvalue weighted by Gasteiger charge is -2.15. The molecule has 0 unspecified atom stereocenters. The van der Waals surface area contributed by atoms with E-state index in [9.17, 15) is 4.79 Å². The van der Waals surface area contributed by atoms with Crippen LogP contribution in [0.5, 0.6) is 0 Å². The van der Waals surface area contributed by atoms with Crippen molar-refractivity contribution in [2.24, 2.45) is 0 Å². The van der Waals surface area contributed by atoms with Crippen molar-refractivity contribution in [1.29, 1.82) is 0 Å². The smallest absolute Gasteiger partial charge is 0.339 e. The molecule has 0 saturated carbocycles. The number of benzene rings is 2. The molecule has 0 amide bonds. The van der Waals surface area contributed by atoms with Crippen LogP contribution in [0.4, 0.5) is 0 Å². The van der Waals surface area contributed by atoms with Gasteiger partial charge in [-0.1, -0.05) is 45.7 Å². The van der Waals surface area contributed by atoms with Crippen LogP contribution in [0.15, 0.2) is 53.0 Å². The van der Waals surface area contributed by atoms with Crippen LogP contribution < -0.4 is 0 Å². The lowest BCUT2D eigenvalue weighted by molar-refractivity contribution is 0.0600. The van der Waals surface area contributed by atoms with Crippen LogP contribution in [-0.2, 0) is 4.74 Å². The summed E-state index contributed by atoms with van der Waals surface area (Å²) in [7, 11) is 1.39. The molecule has 0 atom stereocenters. The zero-order valence-corrected chi connectivity index (χ0v) is 16.5. The van der Waals surface area contributed by atoms with Gasteiger partial charge in [-0.3, -0.25) is 0 Å². The molecule has 3 aromatic rings. The number of methoxy groups -OCH3 is 1. The largest absolute Gasteiger partial charge is 0.465 e. The molecule has 0 spiro atoms. The minimum absolute atomic E-state index is 0.353. The van der Waals surface area contributed by atoms with Crippen molar-refractivity contribution in [2.45, 2.75) is 13.8 Å². The summed E-state index contributed by atoms with van der Waals surface area (Å²) in [5, 5.41) is 0.687. The van der Waals surface area contributed by atoms with E-state index in [1.165, 1.54) is 7.11 Å². The Bertz CT molecular complexity index is 945. The predicted octanol–water partition coefficient (Wildman–Crippen LogP) is 5.96. The topological polar surface area (TPSA) is 31.2 Å². The minimum atomic E-state index is -0.353. The van der Waals surface area contributed by atoms with E-state index in [0.717, 1.165) is 32.7 Å². The lowest BCUT2D eigenvalue weighted by atomic mass is 10.1. The first kappa shape index (κ1) is 17.8. The monoisotopic (exact) mass is 417 g/mol. The van der Waals surface area contributed by atoms with Gasteiger partial charge in [-0.15, -0.1) is 0 Å². The van der Waals surface area contributed by atoms with Gasteiger partial charge in [0.1, 0.15) is 0 Å². The number of halogens is 2. The van der Waals surface area contributed by atoms with E-state index in [2.05, 4.69) is 20.5 Å². The Balaban J connectivity index is 2.32. The molecular formula is C20H17BrClNO2. The summed E-state index contributed by atoms with van der Waals surface area (Å²) < 4.78 is 8.00. The van der Waals surface area contributed by atoms with Gasteiger partial charge in [0.15, 0.2) is 0 Å². The van der Waals surface area contributed by atoms with Crippen molar-refractivity contribution in [1.82, 2.24) is 4.57 Å². The average molecular weight is 419 g/mol. The van der Waals surface area contributed by atoms with E-state index >= 15 is 0 Å². The highest BCUT2D eigenvalue weighted by atomic mass is 79.9. The maximum Gasteiger partial charge on any atom is 0.339 e. The summed E-state index contributed by atoms with van der Waals surface area (Å²) in [4.78, 5) is 12.2. The molecule has 0 N–H and O–H groups in total. The fraction of sp³-hybridized carbons (Fsp3) is 0.150. The number of carbonyl (C=O) groups is 1. The Morgan fingerprint density at radius 2 is 1.80 bits per heavy atom. The van der Waals surface area contributed by atoms with Crippen LogP contribution in [0.1, 0.15) is 21.6 Å². The molecule has 1 heterocycles. The van der Waals surface area contributed by atoms with E-state index in [1.54, 1.807) is 0 Å². The van der Waals surface area contributed by atoms with Crippen molar-refractivity contribution >= 4 is 33.5 Å². The van der Waals surface area contributed by atoms with Crippen molar-refractivity contribution in [3.63, 3.8) is 0 Å². The van der Waals surface area contributed by atoms with Gasteiger partial charge in [-0.05, 0) is 55.3 Å². The second kappa shape index (κ2) is 7.06. The first-order valence-electron chi connectivity index (χ1n) is 7.76. The summed E-state index contributed by atoms with van der Waals surface area (Å²) >= 11 is 9.78. The number of nitrogens with zero attached hydrogens (tertiary/aromatic N) is 1. The highest BCUT2D eigenvalue weighted by Gasteiger charge is 2.21. The van der Waals surface area contributed by atoms with E-state index in [0.29, 0.717) is 10.6 Å². The molecular weight excluding hydrogens is 402 g/mol. The quantitative estimate of drug-likeness (QED) is 0.491. The minimum Gasteiger partial charge on any atom is -0.465 e. The Morgan fingerprint density at radius 3 is 2.44 bits per heavy atom. The molecule has 128 valence electrons. The van der Waals surface area contributed by atoms with Crippen molar-refractivity contribution in [3.8, 4) is 16.9 Å². The highest BCUT2D eigenvalue weighted by molar-refractivity contribution is 9.10. The number of rotatable bonds is 3. The van der Waals surface area contributed by atoms with Gasteiger partial charge in [0, 0.05) is 15.2 Å². The average Bonchev–Trinajstić information content (AvgIpc) is 2.94. The first-order valence-corrected chi connectivity index (χ1v) is 8.93. The third-order valence-corrected chi connectivity index (χ3v) is 5.21. The van der Waals surface area contributed by atoms with Crippen LogP contribution in [0.3, 0.4) is 0 Å². The van der Waals surface area contributed by atoms with Crippen LogP contribution in [0.2, 0.25) is 5.02 Å². The fourth-order valence-electron chi connectivity index (χ4n) is 2.91. The molecule has 0 fully saturated rings. The van der Waals surface area contributed by atoms with Gasteiger partial charge in [0.2, 0.25) is 0 Å². The summed E-state index contributed by atoms with van der Waals surface area (Å²) in [6.45, 7) is 3.88. The second-order valence-corrected chi connectivity index (χ2v) is 7.07. The Labute approximate surface area is 160 Å². The molecule has 3 nitrogen and oxygen atoms in total. The van der Waals surface area contributed by atoms with E-state index in [4.69, 9.17) is 16.3 Å². The molecule has 5 heteroatoms. The number of aromatic nitrogens is 1. The Kier molecular flexibility index (Phi) is 5.02. The zero-order chi connectivity index (χ0) is 18.1. The maximum atomic E-state index is 12.2. The molecule has 0 aliphatic carbocycles. The lowest BCUT2D eigenvalue weighted by Crippen LogP contribution is -2.05. The predicted molar refractivity (Wildman–Crippen MR) is 105 cm³/mol. The zero-order valence-electron chi connectivity index (χ0n) is 14.1. The molecule has 0 aliphatic rings. The summed E-state index contributed by atoms with van der Waals surface area (Å²) in [6.07, 6.45) is 0. The first-order chi connectivity index (χ1) is 11.9. The van der Waals surface area contributed by atoms with Gasteiger partial charge < -0.3 is 9.30 Å². The van der Waals surface area contributed by atoms with Crippen LogP contribution in [-0.4, -0.2) is 17.6 Å². The molecule has 25 heavy (non-hydrogen) atoms. The molecule has 0 saturated heterocycles. The number of esters is 1. The summed E-state index contributed by atoms with van der Waals surface area (Å²) in [5.74, 6) is -0.353. The molecule has 0 bridgehead atoms. The third-order valence-electron chi connectivity index (χ3n) is 4.27. The number of hydrogen-bond acceptors (Lipinski definition) is 2. The van der Waals surface area contributed by atoms with Crippen LogP contribution in [0.25, 0.3) is 16.9 Å². The number of hydrogen-bond donors (Lipinski definition) is 0.